The fraction of sp³-hybridized carbons (Fsp3) is 0.500. The molecule has 0 spiro atoms. The Bertz CT molecular complexity index is 638. The molecule has 21 heavy (non-hydrogen) atoms. The molecule has 1 aliphatic carbocycles. The van der Waals surface area contributed by atoms with Crippen LogP contribution < -0.4 is 10.5 Å². The van der Waals surface area contributed by atoms with Gasteiger partial charge in [-0.2, -0.15) is 0 Å². The van der Waals surface area contributed by atoms with Gasteiger partial charge >= 0.3 is 0 Å². The molecular formula is C14H20N2O3S2. The van der Waals surface area contributed by atoms with E-state index in [1.165, 1.54) is 0 Å². The number of hydrogen-bond acceptors (Lipinski definition) is 4. The monoisotopic (exact) mass is 328 g/mol. The highest BCUT2D eigenvalue weighted by atomic mass is 32.2. The number of benzene rings is 1. The highest BCUT2D eigenvalue weighted by Gasteiger charge is 2.33. The zero-order valence-electron chi connectivity index (χ0n) is 12.1. The zero-order chi connectivity index (χ0) is 15.6. The van der Waals surface area contributed by atoms with Crippen LogP contribution in [0.4, 0.5) is 0 Å². The number of thiocarbonyl (C=S) groups is 1. The fourth-order valence-electron chi connectivity index (χ4n) is 2.42. The summed E-state index contributed by atoms with van der Waals surface area (Å²) >= 11 is 4.89. The highest BCUT2D eigenvalue weighted by Crippen LogP contribution is 2.26. The zero-order valence-corrected chi connectivity index (χ0v) is 13.8. The standard InChI is InChI=1S/C14H20N2O3S2/c1-3-19-12-7-11(8-12)16-21(17,18)13-5-4-10(14(15)20)6-9(13)2/h4-6,11-12,16H,3,7-8H2,1-2H3,(H2,15,20). The molecule has 0 bridgehead atoms. The van der Waals surface area contributed by atoms with E-state index in [2.05, 4.69) is 4.72 Å². The Balaban J connectivity index is 2.08. The van der Waals surface area contributed by atoms with Crippen LogP contribution in [0.15, 0.2) is 23.1 Å². The lowest BCUT2D eigenvalue weighted by molar-refractivity contribution is -0.00475. The summed E-state index contributed by atoms with van der Waals surface area (Å²) in [5.74, 6) is 0. The number of nitrogens with one attached hydrogen (secondary N) is 1. The molecule has 0 unspecified atom stereocenters. The Morgan fingerprint density at radius 2 is 2.14 bits per heavy atom. The van der Waals surface area contributed by atoms with Crippen molar-refractivity contribution in [3.05, 3.63) is 29.3 Å². The molecule has 0 atom stereocenters. The molecule has 0 aliphatic heterocycles. The molecule has 1 saturated carbocycles. The SMILES string of the molecule is CCOC1CC(NS(=O)(=O)c2ccc(C(N)=S)cc2C)C1. The van der Waals surface area contributed by atoms with Gasteiger partial charge in [-0.3, -0.25) is 0 Å². The number of hydrogen-bond donors (Lipinski definition) is 2. The van der Waals surface area contributed by atoms with E-state index in [4.69, 9.17) is 22.7 Å². The molecule has 1 aromatic carbocycles. The molecule has 2 rings (SSSR count). The van der Waals surface area contributed by atoms with Crippen LogP contribution in [0.5, 0.6) is 0 Å². The van der Waals surface area contributed by atoms with Gasteiger partial charge < -0.3 is 10.5 Å². The van der Waals surface area contributed by atoms with Gasteiger partial charge in [0, 0.05) is 18.2 Å². The normalized spacial score (nSPS) is 21.8. The van der Waals surface area contributed by atoms with Gasteiger partial charge in [0.25, 0.3) is 0 Å². The lowest BCUT2D eigenvalue weighted by Crippen LogP contribution is -2.47. The summed E-state index contributed by atoms with van der Waals surface area (Å²) in [6.07, 6.45) is 1.61. The summed E-state index contributed by atoms with van der Waals surface area (Å²) in [7, 11) is -3.52. The summed E-state index contributed by atoms with van der Waals surface area (Å²) in [6, 6.07) is 4.82. The predicted octanol–water partition coefficient (Wildman–Crippen LogP) is 1.48. The van der Waals surface area contributed by atoms with Crippen LogP contribution in [-0.2, 0) is 14.8 Å². The molecule has 116 valence electrons. The van der Waals surface area contributed by atoms with Gasteiger partial charge in [-0.1, -0.05) is 18.3 Å². The molecule has 3 N–H and O–H groups in total. The molecule has 1 aliphatic rings. The first kappa shape index (κ1) is 16.4. The van der Waals surface area contributed by atoms with Crippen molar-refractivity contribution in [1.82, 2.24) is 4.72 Å². The fourth-order valence-corrected chi connectivity index (χ4v) is 4.04. The minimum atomic E-state index is -3.52. The second-order valence-electron chi connectivity index (χ2n) is 5.21. The van der Waals surface area contributed by atoms with E-state index < -0.39 is 10.0 Å². The van der Waals surface area contributed by atoms with Crippen LogP contribution in [0.1, 0.15) is 30.9 Å². The second-order valence-corrected chi connectivity index (χ2v) is 7.33. The Kier molecular flexibility index (Phi) is 4.98. The molecule has 0 saturated heterocycles. The average molecular weight is 328 g/mol. The lowest BCUT2D eigenvalue weighted by Gasteiger charge is -2.35. The van der Waals surface area contributed by atoms with E-state index in [0.29, 0.717) is 17.7 Å². The van der Waals surface area contributed by atoms with Gasteiger partial charge in [-0.05, 0) is 44.4 Å². The van der Waals surface area contributed by atoms with Gasteiger partial charge in [0.2, 0.25) is 10.0 Å². The van der Waals surface area contributed by atoms with Crippen LogP contribution in [0.25, 0.3) is 0 Å². The van der Waals surface area contributed by atoms with E-state index in [0.717, 1.165) is 12.8 Å². The minimum absolute atomic E-state index is 0.0544. The van der Waals surface area contributed by atoms with Crippen LogP contribution in [-0.4, -0.2) is 32.2 Å². The largest absolute Gasteiger partial charge is 0.389 e. The summed E-state index contributed by atoms with van der Waals surface area (Å²) in [6.45, 7) is 4.33. The van der Waals surface area contributed by atoms with E-state index in [-0.39, 0.29) is 22.0 Å². The van der Waals surface area contributed by atoms with Crippen molar-refractivity contribution in [1.29, 1.82) is 0 Å². The van der Waals surface area contributed by atoms with Gasteiger partial charge in [0.1, 0.15) is 4.99 Å². The van der Waals surface area contributed by atoms with Gasteiger partial charge in [0.15, 0.2) is 0 Å². The molecule has 5 nitrogen and oxygen atoms in total. The molecular weight excluding hydrogens is 308 g/mol. The van der Waals surface area contributed by atoms with Gasteiger partial charge in [-0.25, -0.2) is 13.1 Å². The summed E-state index contributed by atoms with van der Waals surface area (Å²) in [5.41, 5.74) is 6.85. The number of aryl methyl sites for hydroxylation is 1. The summed E-state index contributed by atoms with van der Waals surface area (Å²) in [4.78, 5) is 0.524. The Hall–Kier alpha value is -1.02. The van der Waals surface area contributed by atoms with Crippen molar-refractivity contribution in [2.24, 2.45) is 5.73 Å². The molecule has 0 heterocycles. The van der Waals surface area contributed by atoms with E-state index >= 15 is 0 Å². The first-order valence-electron chi connectivity index (χ1n) is 6.88. The van der Waals surface area contributed by atoms with Gasteiger partial charge in [-0.15, -0.1) is 0 Å². The topological polar surface area (TPSA) is 81.4 Å². The molecule has 1 fully saturated rings. The second kappa shape index (κ2) is 6.39. The van der Waals surface area contributed by atoms with Crippen molar-refractivity contribution in [3.63, 3.8) is 0 Å². The minimum Gasteiger partial charge on any atom is -0.389 e. The highest BCUT2D eigenvalue weighted by molar-refractivity contribution is 7.89. The molecule has 7 heteroatoms. The number of rotatable bonds is 6. The Labute approximate surface area is 130 Å². The van der Waals surface area contributed by atoms with E-state index in [1.54, 1.807) is 25.1 Å². The Morgan fingerprint density at radius 3 is 2.67 bits per heavy atom. The third-order valence-electron chi connectivity index (χ3n) is 3.57. The van der Waals surface area contributed by atoms with Crippen molar-refractivity contribution in [2.75, 3.05) is 6.61 Å². The van der Waals surface area contributed by atoms with Crippen molar-refractivity contribution >= 4 is 27.2 Å². The van der Waals surface area contributed by atoms with Crippen LogP contribution in [0, 0.1) is 6.92 Å². The first-order chi connectivity index (χ1) is 9.83. The molecule has 1 aromatic rings. The van der Waals surface area contributed by atoms with Gasteiger partial charge in [0.05, 0.1) is 11.0 Å². The van der Waals surface area contributed by atoms with Crippen molar-refractivity contribution in [2.45, 2.75) is 43.7 Å². The molecule has 0 amide bonds. The quantitative estimate of drug-likeness (QED) is 0.773. The summed E-state index contributed by atoms with van der Waals surface area (Å²) < 4.78 is 32.9. The maximum absolute atomic E-state index is 12.4. The first-order valence-corrected chi connectivity index (χ1v) is 8.77. The van der Waals surface area contributed by atoms with Crippen molar-refractivity contribution in [3.8, 4) is 0 Å². The molecule has 0 aromatic heterocycles. The van der Waals surface area contributed by atoms with Crippen LogP contribution in [0.3, 0.4) is 0 Å². The third-order valence-corrected chi connectivity index (χ3v) is 5.48. The maximum Gasteiger partial charge on any atom is 0.241 e. The van der Waals surface area contributed by atoms with E-state index in [9.17, 15) is 8.42 Å². The number of ether oxygens (including phenoxy) is 1. The Morgan fingerprint density at radius 1 is 1.48 bits per heavy atom. The summed E-state index contributed by atoms with van der Waals surface area (Å²) in [5, 5.41) is 0. The van der Waals surface area contributed by atoms with Crippen molar-refractivity contribution < 1.29 is 13.2 Å². The lowest BCUT2D eigenvalue weighted by atomic mass is 9.90. The van der Waals surface area contributed by atoms with Crippen LogP contribution in [0.2, 0.25) is 0 Å². The third kappa shape index (κ3) is 3.79. The maximum atomic E-state index is 12.4. The predicted molar refractivity (Wildman–Crippen MR) is 85.8 cm³/mol. The van der Waals surface area contributed by atoms with E-state index in [1.807, 2.05) is 6.92 Å². The average Bonchev–Trinajstić information content (AvgIpc) is 2.35. The smallest absolute Gasteiger partial charge is 0.241 e. The number of sulfonamides is 1. The molecule has 0 radical (unpaired) electrons. The number of nitrogens with two attached hydrogens (primary N) is 1. The van der Waals surface area contributed by atoms with Crippen LogP contribution >= 0.6 is 12.2 Å².